The van der Waals surface area contributed by atoms with Crippen LogP contribution in [0.1, 0.15) is 24.8 Å². The first kappa shape index (κ1) is 18.7. The maximum atomic E-state index is 13.7. The summed E-state index contributed by atoms with van der Waals surface area (Å²) in [7, 11) is 1.35. The first-order chi connectivity index (χ1) is 11.1. The minimum Gasteiger partial charge on any atom is -0.469 e. The number of halogens is 1. The van der Waals surface area contributed by atoms with Crippen LogP contribution in [0.3, 0.4) is 0 Å². The van der Waals surface area contributed by atoms with Crippen molar-refractivity contribution in [1.29, 1.82) is 0 Å². The van der Waals surface area contributed by atoms with Crippen molar-refractivity contribution in [3.8, 4) is 0 Å². The fourth-order valence-electron chi connectivity index (χ4n) is 2.01. The van der Waals surface area contributed by atoms with Crippen molar-refractivity contribution in [2.75, 3.05) is 20.2 Å². The molecule has 0 unspecified atom stereocenters. The highest BCUT2D eigenvalue weighted by Crippen LogP contribution is 2.10. The molecule has 1 aromatic rings. The van der Waals surface area contributed by atoms with Crippen molar-refractivity contribution >= 4 is 12.0 Å². The molecular weight excluding hydrogens is 299 g/mol. The van der Waals surface area contributed by atoms with E-state index in [2.05, 4.69) is 16.6 Å². The molecule has 0 fully saturated rings. The monoisotopic (exact) mass is 322 g/mol. The van der Waals surface area contributed by atoms with Gasteiger partial charge in [0.25, 0.3) is 0 Å². The molecule has 0 atom stereocenters. The number of hydrogen-bond acceptors (Lipinski definition) is 3. The van der Waals surface area contributed by atoms with E-state index in [1.165, 1.54) is 18.1 Å². The summed E-state index contributed by atoms with van der Waals surface area (Å²) in [5, 5.41) is 2.76. The lowest BCUT2D eigenvalue weighted by Crippen LogP contribution is -2.40. The van der Waals surface area contributed by atoms with Crippen LogP contribution in [0.2, 0.25) is 0 Å². The smallest absolute Gasteiger partial charge is 0.317 e. The van der Waals surface area contributed by atoms with Crippen LogP contribution in [0.15, 0.2) is 36.9 Å². The van der Waals surface area contributed by atoms with Gasteiger partial charge in [-0.05, 0) is 18.9 Å². The van der Waals surface area contributed by atoms with E-state index >= 15 is 0 Å². The Bertz CT molecular complexity index is 534. The van der Waals surface area contributed by atoms with Crippen LogP contribution in [-0.4, -0.2) is 37.1 Å². The number of methoxy groups -OCH3 is 1. The lowest BCUT2D eigenvalue weighted by atomic mass is 10.2. The number of nitrogens with zero attached hydrogens (tertiary/aromatic N) is 1. The molecule has 1 aromatic carbocycles. The minimum atomic E-state index is -0.340. The number of hydrogen-bond donors (Lipinski definition) is 1. The van der Waals surface area contributed by atoms with Gasteiger partial charge in [-0.3, -0.25) is 4.79 Å². The second-order valence-electron chi connectivity index (χ2n) is 5.03. The Morgan fingerprint density at radius 2 is 2.09 bits per heavy atom. The molecule has 0 spiro atoms. The van der Waals surface area contributed by atoms with E-state index in [0.29, 0.717) is 37.9 Å². The molecule has 2 amide bonds. The Morgan fingerprint density at radius 1 is 1.35 bits per heavy atom. The molecule has 0 aliphatic heterocycles. The number of esters is 1. The van der Waals surface area contributed by atoms with Gasteiger partial charge < -0.3 is 15.0 Å². The van der Waals surface area contributed by atoms with Gasteiger partial charge in [0.1, 0.15) is 5.82 Å². The normalized spacial score (nSPS) is 10.0. The number of nitrogens with one attached hydrogen (secondary N) is 1. The second kappa shape index (κ2) is 10.4. The summed E-state index contributed by atoms with van der Waals surface area (Å²) in [6.45, 7) is 4.56. The zero-order valence-corrected chi connectivity index (χ0v) is 13.4. The molecule has 5 nitrogen and oxygen atoms in total. The summed E-state index contributed by atoms with van der Waals surface area (Å²) < 4.78 is 18.2. The molecule has 0 aliphatic rings. The van der Waals surface area contributed by atoms with Gasteiger partial charge >= 0.3 is 12.0 Å². The summed E-state index contributed by atoms with van der Waals surface area (Å²) >= 11 is 0. The number of carbonyl (C=O) groups is 2. The maximum absolute atomic E-state index is 13.7. The molecule has 0 bridgehead atoms. The highest BCUT2D eigenvalue weighted by atomic mass is 19.1. The van der Waals surface area contributed by atoms with Gasteiger partial charge in [-0.2, -0.15) is 0 Å². The average Bonchev–Trinajstić information content (AvgIpc) is 2.55. The van der Waals surface area contributed by atoms with Gasteiger partial charge in [-0.25, -0.2) is 9.18 Å². The van der Waals surface area contributed by atoms with Crippen molar-refractivity contribution in [2.45, 2.75) is 25.8 Å². The van der Waals surface area contributed by atoms with Crippen LogP contribution in [0.5, 0.6) is 0 Å². The third-order valence-electron chi connectivity index (χ3n) is 3.27. The van der Waals surface area contributed by atoms with Crippen LogP contribution in [-0.2, 0) is 16.1 Å². The molecule has 0 saturated heterocycles. The van der Waals surface area contributed by atoms with E-state index in [1.54, 1.807) is 24.3 Å². The van der Waals surface area contributed by atoms with Crippen LogP contribution in [0, 0.1) is 5.82 Å². The number of unbranched alkanes of at least 4 members (excludes halogenated alkanes) is 1. The second-order valence-corrected chi connectivity index (χ2v) is 5.03. The number of ether oxygens (including phenoxy) is 1. The predicted octanol–water partition coefficient (Wildman–Crippen LogP) is 2.87. The van der Waals surface area contributed by atoms with Crippen molar-refractivity contribution in [3.05, 3.63) is 48.3 Å². The Kier molecular flexibility index (Phi) is 8.42. The summed E-state index contributed by atoms with van der Waals surface area (Å²) in [6, 6.07) is 6.07. The predicted molar refractivity (Wildman–Crippen MR) is 86.3 cm³/mol. The molecule has 0 radical (unpaired) electrons. The highest BCUT2D eigenvalue weighted by Gasteiger charge is 2.14. The SMILES string of the molecule is C=CCN(Cc1ccccc1F)C(=O)NCCCCC(=O)OC. The van der Waals surface area contributed by atoms with Gasteiger partial charge in [-0.1, -0.05) is 24.3 Å². The first-order valence-electron chi connectivity index (χ1n) is 7.52. The Hall–Kier alpha value is -2.37. The van der Waals surface area contributed by atoms with E-state index in [0.717, 1.165) is 0 Å². The molecule has 1 N–H and O–H groups in total. The molecule has 6 heteroatoms. The summed E-state index contributed by atoms with van der Waals surface area (Å²) in [5.74, 6) is -0.600. The van der Waals surface area contributed by atoms with Crippen molar-refractivity contribution in [2.24, 2.45) is 0 Å². The minimum absolute atomic E-state index is 0.173. The number of amides is 2. The van der Waals surface area contributed by atoms with Crippen LogP contribution in [0.25, 0.3) is 0 Å². The third kappa shape index (κ3) is 6.95. The van der Waals surface area contributed by atoms with Crippen LogP contribution in [0.4, 0.5) is 9.18 Å². The topological polar surface area (TPSA) is 58.6 Å². The van der Waals surface area contributed by atoms with E-state index in [1.807, 2.05) is 0 Å². The average molecular weight is 322 g/mol. The van der Waals surface area contributed by atoms with Gasteiger partial charge in [0.2, 0.25) is 0 Å². The van der Waals surface area contributed by atoms with E-state index in [-0.39, 0.29) is 24.4 Å². The largest absolute Gasteiger partial charge is 0.469 e. The number of carbonyl (C=O) groups excluding carboxylic acids is 2. The summed E-state index contributed by atoms with van der Waals surface area (Å²) in [6.07, 6.45) is 3.24. The maximum Gasteiger partial charge on any atom is 0.317 e. The van der Waals surface area contributed by atoms with Gasteiger partial charge in [0, 0.05) is 25.1 Å². The Balaban J connectivity index is 2.44. The first-order valence-corrected chi connectivity index (χ1v) is 7.52. The molecule has 0 aliphatic carbocycles. The quantitative estimate of drug-likeness (QED) is 0.432. The summed E-state index contributed by atoms with van der Waals surface area (Å²) in [4.78, 5) is 24.6. The van der Waals surface area contributed by atoms with Gasteiger partial charge in [-0.15, -0.1) is 6.58 Å². The van der Waals surface area contributed by atoms with E-state index in [4.69, 9.17) is 0 Å². The van der Waals surface area contributed by atoms with Crippen LogP contribution >= 0.6 is 0 Å². The van der Waals surface area contributed by atoms with Crippen molar-refractivity contribution < 1.29 is 18.7 Å². The number of rotatable bonds is 9. The molecular formula is C17H23FN2O3. The number of urea groups is 1. The molecule has 0 saturated carbocycles. The third-order valence-corrected chi connectivity index (χ3v) is 3.27. The fraction of sp³-hybridized carbons (Fsp3) is 0.412. The highest BCUT2D eigenvalue weighted by molar-refractivity contribution is 5.74. The molecule has 1 rings (SSSR count). The van der Waals surface area contributed by atoms with Crippen molar-refractivity contribution in [1.82, 2.24) is 10.2 Å². The fourth-order valence-corrected chi connectivity index (χ4v) is 2.01. The Labute approximate surface area is 136 Å². The zero-order chi connectivity index (χ0) is 17.1. The van der Waals surface area contributed by atoms with Crippen molar-refractivity contribution in [3.63, 3.8) is 0 Å². The lowest BCUT2D eigenvalue weighted by molar-refractivity contribution is -0.140. The van der Waals surface area contributed by atoms with Gasteiger partial charge in [0.05, 0.1) is 13.7 Å². The standard InChI is InChI=1S/C17H23FN2O3/c1-3-12-20(13-14-8-4-5-9-15(14)18)17(22)19-11-7-6-10-16(21)23-2/h3-5,8-9H,1,6-7,10-13H2,2H3,(H,19,22). The molecule has 23 heavy (non-hydrogen) atoms. The Morgan fingerprint density at radius 3 is 2.74 bits per heavy atom. The zero-order valence-electron chi connectivity index (χ0n) is 13.4. The van der Waals surface area contributed by atoms with E-state index < -0.39 is 0 Å². The lowest BCUT2D eigenvalue weighted by Gasteiger charge is -2.22. The van der Waals surface area contributed by atoms with Gasteiger partial charge in [0.15, 0.2) is 0 Å². The van der Waals surface area contributed by atoms with Crippen LogP contribution < -0.4 is 5.32 Å². The van der Waals surface area contributed by atoms with E-state index in [9.17, 15) is 14.0 Å². The molecule has 126 valence electrons. The number of benzene rings is 1. The summed E-state index contributed by atoms with van der Waals surface area (Å²) in [5.41, 5.74) is 0.454. The molecule has 0 aromatic heterocycles. The molecule has 0 heterocycles.